The standard InChI is InChI=1S/C16H23N3O/c1-14(12-20)3-2-8-17-11-15-4-6-16(7-5-15)19-10-9-18-13-19/h4-7,9-10,13-14,17,20H,2-3,8,11-12H2,1H3. The zero-order valence-corrected chi connectivity index (χ0v) is 12.0. The van der Waals surface area contributed by atoms with Crippen LogP contribution >= 0.6 is 0 Å². The van der Waals surface area contributed by atoms with Gasteiger partial charge in [-0.15, -0.1) is 0 Å². The number of aliphatic hydroxyl groups excluding tert-OH is 1. The minimum atomic E-state index is 0.287. The number of rotatable bonds is 8. The van der Waals surface area contributed by atoms with Gasteiger partial charge in [0.2, 0.25) is 0 Å². The van der Waals surface area contributed by atoms with Gasteiger partial charge in [-0.2, -0.15) is 0 Å². The van der Waals surface area contributed by atoms with Crippen molar-refractivity contribution in [1.82, 2.24) is 14.9 Å². The van der Waals surface area contributed by atoms with E-state index in [0.717, 1.165) is 31.6 Å². The predicted octanol–water partition coefficient (Wildman–Crippen LogP) is 2.37. The average Bonchev–Trinajstić information content (AvgIpc) is 3.01. The Morgan fingerprint density at radius 3 is 2.75 bits per heavy atom. The summed E-state index contributed by atoms with van der Waals surface area (Å²) in [4.78, 5) is 4.05. The van der Waals surface area contributed by atoms with Crippen molar-refractivity contribution in [2.24, 2.45) is 5.92 Å². The zero-order valence-electron chi connectivity index (χ0n) is 12.0. The molecule has 2 aromatic rings. The Morgan fingerprint density at radius 2 is 2.10 bits per heavy atom. The molecule has 2 rings (SSSR count). The minimum Gasteiger partial charge on any atom is -0.396 e. The maximum Gasteiger partial charge on any atom is 0.0991 e. The van der Waals surface area contributed by atoms with E-state index >= 15 is 0 Å². The molecule has 108 valence electrons. The quantitative estimate of drug-likeness (QED) is 0.726. The Labute approximate surface area is 120 Å². The van der Waals surface area contributed by atoms with Crippen molar-refractivity contribution in [2.75, 3.05) is 13.2 Å². The molecule has 1 aromatic carbocycles. The summed E-state index contributed by atoms with van der Waals surface area (Å²) in [5, 5.41) is 12.4. The van der Waals surface area contributed by atoms with Crippen LogP contribution in [-0.4, -0.2) is 27.8 Å². The summed E-state index contributed by atoms with van der Waals surface area (Å²) >= 11 is 0. The van der Waals surface area contributed by atoms with Gasteiger partial charge in [0.1, 0.15) is 0 Å². The van der Waals surface area contributed by atoms with Crippen LogP contribution in [0, 0.1) is 5.92 Å². The molecule has 1 aromatic heterocycles. The van der Waals surface area contributed by atoms with E-state index in [-0.39, 0.29) is 6.61 Å². The van der Waals surface area contributed by atoms with Gasteiger partial charge in [-0.05, 0) is 43.0 Å². The molecule has 0 aliphatic carbocycles. The summed E-state index contributed by atoms with van der Waals surface area (Å²) in [6.45, 7) is 4.25. The van der Waals surface area contributed by atoms with Crippen molar-refractivity contribution in [3.63, 3.8) is 0 Å². The molecule has 0 aliphatic rings. The van der Waals surface area contributed by atoms with Crippen LogP contribution in [0.4, 0.5) is 0 Å². The summed E-state index contributed by atoms with van der Waals surface area (Å²) in [7, 11) is 0. The molecule has 0 saturated carbocycles. The summed E-state index contributed by atoms with van der Waals surface area (Å²) in [6, 6.07) is 8.48. The van der Waals surface area contributed by atoms with Crippen LogP contribution in [0.3, 0.4) is 0 Å². The first kappa shape index (κ1) is 14.8. The largest absolute Gasteiger partial charge is 0.396 e. The van der Waals surface area contributed by atoms with Crippen molar-refractivity contribution in [3.8, 4) is 5.69 Å². The highest BCUT2D eigenvalue weighted by Gasteiger charge is 1.99. The lowest BCUT2D eigenvalue weighted by Crippen LogP contribution is -2.16. The van der Waals surface area contributed by atoms with Gasteiger partial charge in [0.05, 0.1) is 6.33 Å². The molecule has 1 unspecified atom stereocenters. The van der Waals surface area contributed by atoms with Crippen molar-refractivity contribution >= 4 is 0 Å². The monoisotopic (exact) mass is 273 g/mol. The van der Waals surface area contributed by atoms with Crippen molar-refractivity contribution in [3.05, 3.63) is 48.5 Å². The fourth-order valence-corrected chi connectivity index (χ4v) is 2.10. The van der Waals surface area contributed by atoms with E-state index in [1.807, 2.05) is 10.8 Å². The second-order valence-electron chi connectivity index (χ2n) is 5.24. The molecule has 0 fully saturated rings. The Morgan fingerprint density at radius 1 is 1.30 bits per heavy atom. The van der Waals surface area contributed by atoms with Crippen LogP contribution in [0.25, 0.3) is 5.69 Å². The molecule has 20 heavy (non-hydrogen) atoms. The van der Waals surface area contributed by atoms with Crippen LogP contribution in [0.5, 0.6) is 0 Å². The highest BCUT2D eigenvalue weighted by Crippen LogP contribution is 2.09. The molecular weight excluding hydrogens is 250 g/mol. The van der Waals surface area contributed by atoms with E-state index in [0.29, 0.717) is 5.92 Å². The normalized spacial score (nSPS) is 12.5. The number of hydrogen-bond acceptors (Lipinski definition) is 3. The lowest BCUT2D eigenvalue weighted by molar-refractivity contribution is 0.228. The molecule has 2 N–H and O–H groups in total. The van der Waals surface area contributed by atoms with Crippen LogP contribution < -0.4 is 5.32 Å². The van der Waals surface area contributed by atoms with Gasteiger partial charge in [-0.3, -0.25) is 0 Å². The van der Waals surface area contributed by atoms with Gasteiger partial charge < -0.3 is 15.0 Å². The fourth-order valence-electron chi connectivity index (χ4n) is 2.10. The van der Waals surface area contributed by atoms with E-state index in [4.69, 9.17) is 5.11 Å². The van der Waals surface area contributed by atoms with Crippen molar-refractivity contribution < 1.29 is 5.11 Å². The van der Waals surface area contributed by atoms with Gasteiger partial charge >= 0.3 is 0 Å². The van der Waals surface area contributed by atoms with E-state index in [1.165, 1.54) is 5.56 Å². The number of nitrogens with one attached hydrogen (secondary N) is 1. The number of imidazole rings is 1. The molecule has 0 spiro atoms. The molecule has 1 atom stereocenters. The summed E-state index contributed by atoms with van der Waals surface area (Å²) in [5.74, 6) is 0.409. The molecular formula is C16H23N3O. The second-order valence-corrected chi connectivity index (χ2v) is 5.24. The third-order valence-corrected chi connectivity index (χ3v) is 3.43. The Hall–Kier alpha value is -1.65. The number of benzene rings is 1. The summed E-state index contributed by atoms with van der Waals surface area (Å²) in [5.41, 5.74) is 2.41. The van der Waals surface area contributed by atoms with E-state index in [9.17, 15) is 0 Å². The highest BCUT2D eigenvalue weighted by molar-refractivity contribution is 5.34. The van der Waals surface area contributed by atoms with Gasteiger partial charge in [-0.25, -0.2) is 4.98 Å². The highest BCUT2D eigenvalue weighted by atomic mass is 16.3. The second kappa shape index (κ2) is 7.82. The molecule has 1 heterocycles. The first-order valence-corrected chi connectivity index (χ1v) is 7.18. The Bertz CT molecular complexity index is 479. The lowest BCUT2D eigenvalue weighted by Gasteiger charge is -2.09. The first-order valence-electron chi connectivity index (χ1n) is 7.18. The summed E-state index contributed by atoms with van der Waals surface area (Å²) in [6.07, 6.45) is 7.70. The zero-order chi connectivity index (χ0) is 14.2. The third-order valence-electron chi connectivity index (χ3n) is 3.43. The SMILES string of the molecule is CC(CO)CCCNCc1ccc(-n2ccnc2)cc1. The molecule has 4 heteroatoms. The third kappa shape index (κ3) is 4.47. The molecule has 0 radical (unpaired) electrons. The lowest BCUT2D eigenvalue weighted by atomic mass is 10.1. The predicted molar refractivity (Wildman–Crippen MR) is 80.8 cm³/mol. The number of aliphatic hydroxyl groups is 1. The number of nitrogens with zero attached hydrogens (tertiary/aromatic N) is 2. The van der Waals surface area contributed by atoms with Crippen molar-refractivity contribution in [1.29, 1.82) is 0 Å². The van der Waals surface area contributed by atoms with Crippen LogP contribution in [0.1, 0.15) is 25.3 Å². The van der Waals surface area contributed by atoms with E-state index in [1.54, 1.807) is 12.5 Å². The Balaban J connectivity index is 1.72. The maximum atomic E-state index is 8.95. The number of hydrogen-bond donors (Lipinski definition) is 2. The minimum absolute atomic E-state index is 0.287. The van der Waals surface area contributed by atoms with Crippen LogP contribution in [0.2, 0.25) is 0 Å². The molecule has 4 nitrogen and oxygen atoms in total. The van der Waals surface area contributed by atoms with Gasteiger partial charge in [-0.1, -0.05) is 19.1 Å². The van der Waals surface area contributed by atoms with Gasteiger partial charge in [0, 0.05) is 31.2 Å². The van der Waals surface area contributed by atoms with E-state index < -0.39 is 0 Å². The molecule has 0 bridgehead atoms. The first-order chi connectivity index (χ1) is 9.79. The number of aromatic nitrogens is 2. The Kier molecular flexibility index (Phi) is 5.77. The summed E-state index contributed by atoms with van der Waals surface area (Å²) < 4.78 is 1.99. The molecule has 0 saturated heterocycles. The molecule has 0 amide bonds. The molecule has 0 aliphatic heterocycles. The van der Waals surface area contributed by atoms with Crippen LogP contribution in [-0.2, 0) is 6.54 Å². The topological polar surface area (TPSA) is 50.1 Å². The van der Waals surface area contributed by atoms with Gasteiger partial charge in [0.25, 0.3) is 0 Å². The van der Waals surface area contributed by atoms with E-state index in [2.05, 4.69) is 41.5 Å². The maximum absolute atomic E-state index is 8.95. The van der Waals surface area contributed by atoms with Gasteiger partial charge in [0.15, 0.2) is 0 Å². The average molecular weight is 273 g/mol. The van der Waals surface area contributed by atoms with Crippen molar-refractivity contribution in [2.45, 2.75) is 26.3 Å². The van der Waals surface area contributed by atoms with Crippen LogP contribution in [0.15, 0.2) is 43.0 Å². The fraction of sp³-hybridized carbons (Fsp3) is 0.438. The smallest absolute Gasteiger partial charge is 0.0991 e.